The predicted molar refractivity (Wildman–Crippen MR) is 64.8 cm³/mol. The summed E-state index contributed by atoms with van der Waals surface area (Å²) in [7, 11) is 1.77. The summed E-state index contributed by atoms with van der Waals surface area (Å²) in [5.74, 6) is 0. The summed E-state index contributed by atoms with van der Waals surface area (Å²) in [6, 6.07) is 0. The van der Waals surface area contributed by atoms with E-state index in [4.69, 9.17) is 16.5 Å². The molecule has 1 aliphatic carbocycles. The molecule has 0 radical (unpaired) electrons. The van der Waals surface area contributed by atoms with E-state index in [0.717, 1.165) is 19.3 Å². The van der Waals surface area contributed by atoms with Crippen LogP contribution in [0.2, 0.25) is 0 Å². The highest BCUT2D eigenvalue weighted by molar-refractivity contribution is 6.14. The second-order valence-corrected chi connectivity index (χ2v) is 5.94. The Hall–Kier alpha value is 0.210. The van der Waals surface area contributed by atoms with Crippen molar-refractivity contribution in [1.29, 1.82) is 0 Å². The number of rotatable bonds is 4. The maximum Gasteiger partial charge on any atom is 0.141 e. The first-order chi connectivity index (χ1) is 6.79. The third kappa shape index (κ3) is 1.81. The molecule has 1 fully saturated rings. The fourth-order valence-corrected chi connectivity index (χ4v) is 2.96. The van der Waals surface area contributed by atoms with Crippen LogP contribution in [0.4, 0.5) is 0 Å². The minimum Gasteiger partial charge on any atom is -0.362 e. The van der Waals surface area contributed by atoms with Crippen molar-refractivity contribution in [2.45, 2.75) is 65.1 Å². The van der Waals surface area contributed by atoms with E-state index in [2.05, 4.69) is 34.6 Å². The molecule has 0 N–H and O–H groups in total. The van der Waals surface area contributed by atoms with Crippen LogP contribution in [-0.4, -0.2) is 22.8 Å². The fraction of sp³-hybridized carbons (Fsp3) is 1.00. The second kappa shape index (κ2) is 3.90. The summed E-state index contributed by atoms with van der Waals surface area (Å²) in [5, 5.41) is 0. The van der Waals surface area contributed by atoms with Crippen molar-refractivity contribution in [3.05, 3.63) is 0 Å². The molecule has 1 unspecified atom stereocenters. The van der Waals surface area contributed by atoms with Crippen molar-refractivity contribution >= 4 is 11.8 Å². The molecule has 0 heterocycles. The van der Waals surface area contributed by atoms with Crippen molar-refractivity contribution in [3.63, 3.8) is 0 Å². The summed E-state index contributed by atoms with van der Waals surface area (Å²) < 4.78 is 7.61. The molecule has 1 atom stereocenters. The van der Waals surface area contributed by atoms with Crippen LogP contribution in [0, 0.1) is 5.41 Å². The van der Waals surface area contributed by atoms with Gasteiger partial charge in [0.25, 0.3) is 0 Å². The Morgan fingerprint density at radius 3 is 1.93 bits per heavy atom. The first-order valence-corrected chi connectivity index (χ1v) is 6.15. The van der Waals surface area contributed by atoms with Gasteiger partial charge in [-0.2, -0.15) is 4.42 Å². The van der Waals surface area contributed by atoms with Crippen LogP contribution in [-0.2, 0) is 4.74 Å². The van der Waals surface area contributed by atoms with Crippen LogP contribution in [0.25, 0.3) is 0 Å². The second-order valence-electron chi connectivity index (χ2n) is 5.60. The number of nitrogens with zero attached hydrogens (tertiary/aromatic N) is 1. The highest BCUT2D eigenvalue weighted by Gasteiger charge is 2.70. The molecule has 0 aromatic rings. The zero-order valence-electron chi connectivity index (χ0n) is 10.9. The lowest BCUT2D eigenvalue weighted by molar-refractivity contribution is -0.0766. The topological polar surface area (TPSA) is 12.5 Å². The van der Waals surface area contributed by atoms with Crippen molar-refractivity contribution in [3.8, 4) is 0 Å². The fourth-order valence-electron chi connectivity index (χ4n) is 2.66. The quantitative estimate of drug-likeness (QED) is 0.541. The molecule has 1 rings (SSSR count). The maximum atomic E-state index is 6.46. The molecular formula is C12H24ClNO. The third-order valence-electron chi connectivity index (χ3n) is 3.88. The molecule has 0 amide bonds. The van der Waals surface area contributed by atoms with Gasteiger partial charge in [-0.1, -0.05) is 13.8 Å². The molecule has 90 valence electrons. The number of ether oxygens (including phenoxy) is 1. The summed E-state index contributed by atoms with van der Waals surface area (Å²) >= 11 is 6.46. The highest BCUT2D eigenvalue weighted by Crippen LogP contribution is 2.66. The molecular weight excluding hydrogens is 210 g/mol. The number of hydrogen-bond acceptors (Lipinski definition) is 2. The van der Waals surface area contributed by atoms with Crippen LogP contribution >= 0.6 is 11.8 Å². The van der Waals surface area contributed by atoms with Gasteiger partial charge in [0.2, 0.25) is 0 Å². The Morgan fingerprint density at radius 2 is 1.73 bits per heavy atom. The van der Waals surface area contributed by atoms with E-state index < -0.39 is 0 Å². The van der Waals surface area contributed by atoms with Gasteiger partial charge in [0.15, 0.2) is 0 Å². The minimum atomic E-state index is -0.254. The molecule has 0 aromatic carbocycles. The van der Waals surface area contributed by atoms with Crippen LogP contribution in [0.1, 0.15) is 53.9 Å². The van der Waals surface area contributed by atoms with Gasteiger partial charge in [0.1, 0.15) is 5.72 Å². The Labute approximate surface area is 99.0 Å². The van der Waals surface area contributed by atoms with Gasteiger partial charge >= 0.3 is 0 Å². The molecule has 1 aliphatic rings. The van der Waals surface area contributed by atoms with Gasteiger partial charge in [-0.15, -0.1) is 0 Å². The molecule has 15 heavy (non-hydrogen) atoms. The average molecular weight is 234 g/mol. The molecule has 2 nitrogen and oxygen atoms in total. The standard InChI is InChI=1S/C12H24ClNO/c1-7-11(8-2)9-12(11,15-6)14(13)10(3,4)5/h7-9H2,1-6H3. The lowest BCUT2D eigenvalue weighted by Crippen LogP contribution is -2.47. The van der Waals surface area contributed by atoms with E-state index in [1.807, 2.05) is 4.42 Å². The smallest absolute Gasteiger partial charge is 0.141 e. The average Bonchev–Trinajstić information content (AvgIpc) is 2.86. The van der Waals surface area contributed by atoms with Crippen molar-refractivity contribution < 1.29 is 4.74 Å². The van der Waals surface area contributed by atoms with Crippen molar-refractivity contribution in [2.24, 2.45) is 5.41 Å². The molecule has 0 aromatic heterocycles. The Balaban J connectivity index is 2.92. The first kappa shape index (κ1) is 13.3. The van der Waals surface area contributed by atoms with Crippen LogP contribution in [0.15, 0.2) is 0 Å². The third-order valence-corrected chi connectivity index (χ3v) is 4.66. The van der Waals surface area contributed by atoms with E-state index in [9.17, 15) is 0 Å². The summed E-state index contributed by atoms with van der Waals surface area (Å²) in [6.07, 6.45) is 3.29. The van der Waals surface area contributed by atoms with E-state index in [-0.39, 0.29) is 16.7 Å². The lowest BCUT2D eigenvalue weighted by atomic mass is 9.96. The van der Waals surface area contributed by atoms with E-state index >= 15 is 0 Å². The van der Waals surface area contributed by atoms with E-state index in [1.54, 1.807) is 7.11 Å². The van der Waals surface area contributed by atoms with E-state index in [1.165, 1.54) is 0 Å². The molecule has 0 saturated heterocycles. The van der Waals surface area contributed by atoms with Gasteiger partial charge in [0.05, 0.1) is 0 Å². The largest absolute Gasteiger partial charge is 0.362 e. The first-order valence-electron chi connectivity index (χ1n) is 5.81. The Morgan fingerprint density at radius 1 is 1.27 bits per heavy atom. The summed E-state index contributed by atoms with van der Waals surface area (Å²) in [6.45, 7) is 10.8. The molecule has 0 aliphatic heterocycles. The maximum absolute atomic E-state index is 6.46. The lowest BCUT2D eigenvalue weighted by Gasteiger charge is -2.38. The van der Waals surface area contributed by atoms with Gasteiger partial charge in [-0.3, -0.25) is 0 Å². The normalized spacial score (nSPS) is 29.6. The summed E-state index contributed by atoms with van der Waals surface area (Å²) in [4.78, 5) is 0. The SMILES string of the molecule is CCC1(CC)CC1(OC)N(Cl)C(C)(C)C. The van der Waals surface area contributed by atoms with Crippen LogP contribution in [0.3, 0.4) is 0 Å². The van der Waals surface area contributed by atoms with Crippen molar-refractivity contribution in [1.82, 2.24) is 4.42 Å². The number of halogens is 1. The van der Waals surface area contributed by atoms with Gasteiger partial charge in [0, 0.05) is 24.5 Å². The molecule has 1 saturated carbocycles. The predicted octanol–water partition coefficient (Wildman–Crippen LogP) is 3.79. The number of hydrogen-bond donors (Lipinski definition) is 0. The summed E-state index contributed by atoms with van der Waals surface area (Å²) in [5.41, 5.74) is -0.0727. The monoisotopic (exact) mass is 233 g/mol. The van der Waals surface area contributed by atoms with Crippen LogP contribution in [0.5, 0.6) is 0 Å². The minimum absolute atomic E-state index is 0.0658. The number of methoxy groups -OCH3 is 1. The zero-order chi connectivity index (χ0) is 11.9. The Bertz CT molecular complexity index is 232. The Kier molecular flexibility index (Phi) is 3.45. The molecule has 0 bridgehead atoms. The molecule has 0 spiro atoms. The van der Waals surface area contributed by atoms with Gasteiger partial charge in [-0.25, -0.2) is 0 Å². The molecule has 3 heteroatoms. The van der Waals surface area contributed by atoms with Crippen molar-refractivity contribution in [2.75, 3.05) is 7.11 Å². The highest BCUT2D eigenvalue weighted by atomic mass is 35.5. The zero-order valence-corrected chi connectivity index (χ0v) is 11.6. The van der Waals surface area contributed by atoms with Crippen LogP contribution < -0.4 is 0 Å². The van der Waals surface area contributed by atoms with E-state index in [0.29, 0.717) is 0 Å². The van der Waals surface area contributed by atoms with Gasteiger partial charge < -0.3 is 4.74 Å². The van der Waals surface area contributed by atoms with Gasteiger partial charge in [-0.05, 0) is 45.4 Å².